The van der Waals surface area contributed by atoms with Gasteiger partial charge in [-0.1, -0.05) is 20.3 Å². The molecule has 2 heterocycles. The lowest BCUT2D eigenvalue weighted by Crippen LogP contribution is -2.33. The molecule has 4 nitrogen and oxygen atoms in total. The van der Waals surface area contributed by atoms with Crippen molar-refractivity contribution < 1.29 is 9.15 Å². The van der Waals surface area contributed by atoms with E-state index in [9.17, 15) is 4.79 Å². The normalized spacial score (nSPS) is 14.9. The van der Waals surface area contributed by atoms with E-state index in [-0.39, 0.29) is 5.63 Å². The van der Waals surface area contributed by atoms with Gasteiger partial charge in [0, 0.05) is 24.0 Å². The summed E-state index contributed by atoms with van der Waals surface area (Å²) >= 11 is 0. The molecule has 0 amide bonds. The number of nitrogens with zero attached hydrogens (tertiary/aromatic N) is 1. The molecule has 118 valence electrons. The average Bonchev–Trinajstić information content (AvgIpc) is 2.53. The first-order chi connectivity index (χ1) is 10.7. The highest BCUT2D eigenvalue weighted by Gasteiger charge is 2.22. The Hall–Kier alpha value is -1.81. The zero-order valence-electron chi connectivity index (χ0n) is 13.6. The number of hydrogen-bond donors (Lipinski definition) is 0. The lowest BCUT2D eigenvalue weighted by atomic mass is 10.0. The van der Waals surface area contributed by atoms with Gasteiger partial charge in [0.2, 0.25) is 0 Å². The number of fused-ring (bicyclic) bond motifs is 3. The second-order valence-electron chi connectivity index (χ2n) is 5.95. The van der Waals surface area contributed by atoms with E-state index in [2.05, 4.69) is 11.8 Å². The van der Waals surface area contributed by atoms with Crippen molar-refractivity contribution in [1.82, 2.24) is 4.90 Å². The van der Waals surface area contributed by atoms with E-state index in [1.165, 1.54) is 0 Å². The third-order valence-electron chi connectivity index (χ3n) is 4.48. The highest BCUT2D eigenvalue weighted by molar-refractivity contribution is 5.86. The lowest BCUT2D eigenvalue weighted by Gasteiger charge is -2.29. The summed E-state index contributed by atoms with van der Waals surface area (Å²) in [5.41, 5.74) is 3.28. The van der Waals surface area contributed by atoms with Crippen LogP contribution in [0.2, 0.25) is 0 Å². The summed E-state index contributed by atoms with van der Waals surface area (Å²) in [5, 5.41) is 1.02. The molecule has 1 aromatic heterocycles. The van der Waals surface area contributed by atoms with Crippen LogP contribution in [0.25, 0.3) is 11.0 Å². The number of ether oxygens (including phenoxy) is 1. The maximum Gasteiger partial charge on any atom is 0.339 e. The number of hydrogen-bond acceptors (Lipinski definition) is 4. The van der Waals surface area contributed by atoms with Crippen LogP contribution in [0.1, 0.15) is 43.4 Å². The van der Waals surface area contributed by atoms with Crippen LogP contribution in [0.3, 0.4) is 0 Å². The molecule has 0 N–H and O–H groups in total. The fourth-order valence-electron chi connectivity index (χ4n) is 3.14. The zero-order valence-corrected chi connectivity index (χ0v) is 13.6. The summed E-state index contributed by atoms with van der Waals surface area (Å²) in [4.78, 5) is 14.5. The molecular weight excluding hydrogens is 278 g/mol. The third-order valence-corrected chi connectivity index (χ3v) is 4.48. The first-order valence-electron chi connectivity index (χ1n) is 8.09. The molecule has 0 radical (unpaired) electrons. The zero-order chi connectivity index (χ0) is 15.7. The van der Waals surface area contributed by atoms with Gasteiger partial charge >= 0.3 is 5.63 Å². The number of unbranched alkanes of at least 4 members (excludes halogenated alkanes) is 1. The van der Waals surface area contributed by atoms with E-state index in [0.29, 0.717) is 18.7 Å². The monoisotopic (exact) mass is 301 g/mol. The standard InChI is InChI=1S/C18H23NO3/c1-4-6-9-19-10-15-16(21-11-19)8-7-14-12(3)13(5-2)18(20)22-17(14)15/h7-8H,4-6,9-11H2,1-3H3. The molecule has 0 aliphatic carbocycles. The van der Waals surface area contributed by atoms with Crippen LogP contribution >= 0.6 is 0 Å². The molecule has 0 fully saturated rings. The Morgan fingerprint density at radius 2 is 2.09 bits per heavy atom. The maximum absolute atomic E-state index is 12.2. The van der Waals surface area contributed by atoms with E-state index < -0.39 is 0 Å². The molecule has 0 bridgehead atoms. The van der Waals surface area contributed by atoms with E-state index in [1.807, 2.05) is 26.0 Å². The minimum Gasteiger partial charge on any atom is -0.478 e. The van der Waals surface area contributed by atoms with E-state index >= 15 is 0 Å². The summed E-state index contributed by atoms with van der Waals surface area (Å²) in [6.45, 7) is 8.56. The van der Waals surface area contributed by atoms with Gasteiger partial charge in [-0.25, -0.2) is 4.79 Å². The Morgan fingerprint density at radius 3 is 2.82 bits per heavy atom. The van der Waals surface area contributed by atoms with Crippen LogP contribution in [0.5, 0.6) is 5.75 Å². The van der Waals surface area contributed by atoms with E-state index in [0.717, 1.165) is 53.8 Å². The van der Waals surface area contributed by atoms with Crippen LogP contribution in [-0.2, 0) is 13.0 Å². The number of aryl methyl sites for hydroxylation is 1. The quantitative estimate of drug-likeness (QED) is 0.809. The summed E-state index contributed by atoms with van der Waals surface area (Å²) in [6, 6.07) is 4.01. The lowest BCUT2D eigenvalue weighted by molar-refractivity contribution is 0.0943. The van der Waals surface area contributed by atoms with Gasteiger partial charge in [-0.05, 0) is 37.5 Å². The molecule has 0 spiro atoms. The smallest absolute Gasteiger partial charge is 0.339 e. The highest BCUT2D eigenvalue weighted by atomic mass is 16.5. The first kappa shape index (κ1) is 15.1. The summed E-state index contributed by atoms with van der Waals surface area (Å²) in [6.07, 6.45) is 3.00. The topological polar surface area (TPSA) is 42.7 Å². The average molecular weight is 301 g/mol. The molecule has 0 saturated carbocycles. The van der Waals surface area contributed by atoms with Crippen molar-refractivity contribution in [2.45, 2.75) is 46.6 Å². The minimum absolute atomic E-state index is 0.216. The summed E-state index contributed by atoms with van der Waals surface area (Å²) < 4.78 is 11.5. The van der Waals surface area contributed by atoms with Gasteiger partial charge in [-0.2, -0.15) is 0 Å². The first-order valence-corrected chi connectivity index (χ1v) is 8.09. The molecule has 4 heteroatoms. The van der Waals surface area contributed by atoms with Gasteiger partial charge in [0.15, 0.2) is 0 Å². The van der Waals surface area contributed by atoms with Gasteiger partial charge in [0.25, 0.3) is 0 Å². The highest BCUT2D eigenvalue weighted by Crippen LogP contribution is 2.33. The largest absolute Gasteiger partial charge is 0.478 e. The van der Waals surface area contributed by atoms with Crippen molar-refractivity contribution in [3.8, 4) is 5.75 Å². The SMILES string of the molecule is CCCCN1COc2ccc3c(C)c(CC)c(=O)oc3c2C1. The predicted molar refractivity (Wildman–Crippen MR) is 87.4 cm³/mol. The molecule has 3 rings (SSSR count). The molecule has 0 saturated heterocycles. The second kappa shape index (κ2) is 6.13. The van der Waals surface area contributed by atoms with Crippen LogP contribution in [-0.4, -0.2) is 18.2 Å². The summed E-state index contributed by atoms with van der Waals surface area (Å²) in [5.74, 6) is 0.840. The van der Waals surface area contributed by atoms with Gasteiger partial charge in [0.1, 0.15) is 18.1 Å². The number of rotatable bonds is 4. The molecule has 1 aliphatic heterocycles. The molecule has 0 atom stereocenters. The molecule has 22 heavy (non-hydrogen) atoms. The third kappa shape index (κ3) is 2.52. The van der Waals surface area contributed by atoms with Crippen molar-refractivity contribution in [3.05, 3.63) is 39.2 Å². The van der Waals surface area contributed by atoms with Gasteiger partial charge in [0.05, 0.1) is 5.56 Å². The predicted octanol–water partition coefficient (Wildman–Crippen LogP) is 3.62. The second-order valence-corrected chi connectivity index (χ2v) is 5.95. The Bertz CT molecular complexity index is 748. The fraction of sp³-hybridized carbons (Fsp3) is 0.500. The Kier molecular flexibility index (Phi) is 4.21. The summed E-state index contributed by atoms with van der Waals surface area (Å²) in [7, 11) is 0. The Morgan fingerprint density at radius 1 is 1.27 bits per heavy atom. The van der Waals surface area contributed by atoms with Crippen LogP contribution in [0, 0.1) is 6.92 Å². The van der Waals surface area contributed by atoms with Crippen LogP contribution in [0.15, 0.2) is 21.3 Å². The number of benzene rings is 1. The van der Waals surface area contributed by atoms with E-state index in [1.54, 1.807) is 0 Å². The van der Waals surface area contributed by atoms with Crippen molar-refractivity contribution in [1.29, 1.82) is 0 Å². The molecule has 2 aromatic rings. The van der Waals surface area contributed by atoms with Crippen LogP contribution in [0.4, 0.5) is 0 Å². The van der Waals surface area contributed by atoms with Crippen molar-refractivity contribution >= 4 is 11.0 Å². The minimum atomic E-state index is -0.216. The Labute approximate surface area is 130 Å². The van der Waals surface area contributed by atoms with Gasteiger partial charge in [-0.15, -0.1) is 0 Å². The molecule has 1 aromatic carbocycles. The molecular formula is C18H23NO3. The molecule has 1 aliphatic rings. The molecule has 0 unspecified atom stereocenters. The van der Waals surface area contributed by atoms with Gasteiger partial charge in [-0.3, -0.25) is 4.90 Å². The fourth-order valence-corrected chi connectivity index (χ4v) is 3.14. The van der Waals surface area contributed by atoms with Gasteiger partial charge < -0.3 is 9.15 Å². The van der Waals surface area contributed by atoms with Crippen LogP contribution < -0.4 is 10.4 Å². The van der Waals surface area contributed by atoms with Crippen molar-refractivity contribution in [2.75, 3.05) is 13.3 Å². The maximum atomic E-state index is 12.2. The van der Waals surface area contributed by atoms with Crippen molar-refractivity contribution in [3.63, 3.8) is 0 Å². The van der Waals surface area contributed by atoms with E-state index in [4.69, 9.17) is 9.15 Å². The Balaban J connectivity index is 2.10. The van der Waals surface area contributed by atoms with Crippen molar-refractivity contribution in [2.24, 2.45) is 0 Å².